The quantitative estimate of drug-likeness (QED) is 0.277. The summed E-state index contributed by atoms with van der Waals surface area (Å²) in [6, 6.07) is 11.9. The average molecular weight is 472 g/mol. The minimum atomic E-state index is -1.11. The van der Waals surface area contributed by atoms with E-state index in [1.165, 1.54) is 54.8 Å². The zero-order valence-corrected chi connectivity index (χ0v) is 18.8. The van der Waals surface area contributed by atoms with Gasteiger partial charge in [0.15, 0.2) is 29.5 Å². The van der Waals surface area contributed by atoms with Gasteiger partial charge in [-0.2, -0.15) is 4.39 Å². The fourth-order valence-electron chi connectivity index (χ4n) is 3.88. The third-order valence-corrected chi connectivity index (χ3v) is 5.74. The van der Waals surface area contributed by atoms with Crippen LogP contribution in [0.1, 0.15) is 31.7 Å². The summed E-state index contributed by atoms with van der Waals surface area (Å²) in [5.74, 6) is -4.72. The van der Waals surface area contributed by atoms with Crippen LogP contribution in [0.25, 0.3) is 22.3 Å². The molecule has 3 aromatic carbocycles. The van der Waals surface area contributed by atoms with Crippen LogP contribution >= 0.6 is 0 Å². The van der Waals surface area contributed by atoms with Gasteiger partial charge in [-0.05, 0) is 42.2 Å². The highest BCUT2D eigenvalue weighted by Crippen LogP contribution is 2.34. The number of rotatable bonds is 6. The molecule has 178 valence electrons. The zero-order valence-electron chi connectivity index (χ0n) is 18.8. The van der Waals surface area contributed by atoms with E-state index < -0.39 is 29.2 Å². The SMILES string of the molecule is CC=COc1ccc(-c2ccc(-c3ccc(C4COC(CC)OC4)c(F)c3F)cc2)c(F)c1F. The van der Waals surface area contributed by atoms with Crippen LogP contribution < -0.4 is 4.74 Å². The van der Waals surface area contributed by atoms with Gasteiger partial charge in [-0.1, -0.05) is 49.4 Å². The van der Waals surface area contributed by atoms with E-state index in [-0.39, 0.29) is 41.9 Å². The molecule has 4 rings (SSSR count). The molecule has 34 heavy (non-hydrogen) atoms. The maximum Gasteiger partial charge on any atom is 0.201 e. The Labute approximate surface area is 195 Å². The minimum Gasteiger partial charge on any atom is -0.462 e. The van der Waals surface area contributed by atoms with E-state index in [0.29, 0.717) is 17.5 Å². The molecule has 3 aromatic rings. The molecule has 1 saturated heterocycles. The summed E-state index contributed by atoms with van der Waals surface area (Å²) in [7, 11) is 0. The van der Waals surface area contributed by atoms with E-state index >= 15 is 0 Å². The van der Waals surface area contributed by atoms with Crippen LogP contribution in [0.4, 0.5) is 17.6 Å². The molecule has 0 saturated carbocycles. The number of ether oxygens (including phenoxy) is 3. The van der Waals surface area contributed by atoms with Gasteiger partial charge in [-0.15, -0.1) is 0 Å². The van der Waals surface area contributed by atoms with E-state index in [0.717, 1.165) is 0 Å². The summed E-state index contributed by atoms with van der Waals surface area (Å²) in [5.41, 5.74) is 1.09. The van der Waals surface area contributed by atoms with Gasteiger partial charge in [0.1, 0.15) is 0 Å². The zero-order chi connectivity index (χ0) is 24.2. The number of hydrogen-bond donors (Lipinski definition) is 0. The molecule has 0 unspecified atom stereocenters. The molecule has 3 nitrogen and oxygen atoms in total. The van der Waals surface area contributed by atoms with Crippen molar-refractivity contribution in [3.05, 3.63) is 89.7 Å². The Hall–Kier alpha value is -3.16. The molecule has 0 amide bonds. The van der Waals surface area contributed by atoms with Gasteiger partial charge in [0, 0.05) is 17.0 Å². The fraction of sp³-hybridized carbons (Fsp3) is 0.259. The Morgan fingerprint density at radius 3 is 1.91 bits per heavy atom. The van der Waals surface area contributed by atoms with Crippen LogP contribution in [0.15, 0.2) is 60.9 Å². The second-order valence-electron chi connectivity index (χ2n) is 7.94. The average Bonchev–Trinajstić information content (AvgIpc) is 2.87. The smallest absolute Gasteiger partial charge is 0.201 e. The Morgan fingerprint density at radius 2 is 1.35 bits per heavy atom. The van der Waals surface area contributed by atoms with Crippen molar-refractivity contribution in [2.24, 2.45) is 0 Å². The summed E-state index contributed by atoms with van der Waals surface area (Å²) in [4.78, 5) is 0. The fourth-order valence-corrected chi connectivity index (χ4v) is 3.88. The highest BCUT2D eigenvalue weighted by atomic mass is 19.2. The van der Waals surface area contributed by atoms with E-state index in [4.69, 9.17) is 14.2 Å². The molecule has 0 N–H and O–H groups in total. The first-order valence-electron chi connectivity index (χ1n) is 11.0. The first-order chi connectivity index (χ1) is 16.4. The van der Waals surface area contributed by atoms with E-state index in [1.54, 1.807) is 13.0 Å². The largest absolute Gasteiger partial charge is 0.462 e. The Morgan fingerprint density at radius 1 is 0.794 bits per heavy atom. The van der Waals surface area contributed by atoms with Gasteiger partial charge >= 0.3 is 0 Å². The summed E-state index contributed by atoms with van der Waals surface area (Å²) < 4.78 is 74.8. The van der Waals surface area contributed by atoms with Crippen LogP contribution in [0, 0.1) is 23.3 Å². The Balaban J connectivity index is 1.58. The third-order valence-electron chi connectivity index (χ3n) is 5.74. The van der Waals surface area contributed by atoms with Crippen molar-refractivity contribution in [1.82, 2.24) is 0 Å². The maximum absolute atomic E-state index is 14.9. The first kappa shape index (κ1) is 24.0. The second kappa shape index (κ2) is 10.4. The van der Waals surface area contributed by atoms with Crippen LogP contribution in [-0.4, -0.2) is 19.5 Å². The second-order valence-corrected chi connectivity index (χ2v) is 7.94. The molecule has 0 aliphatic carbocycles. The summed E-state index contributed by atoms with van der Waals surface area (Å²) in [5, 5.41) is 0. The number of allylic oxidation sites excluding steroid dienone is 1. The lowest BCUT2D eigenvalue weighted by Gasteiger charge is -2.29. The molecular formula is C27H24F4O3. The van der Waals surface area contributed by atoms with Gasteiger partial charge in [0.2, 0.25) is 5.82 Å². The molecule has 0 radical (unpaired) electrons. The predicted molar refractivity (Wildman–Crippen MR) is 121 cm³/mol. The number of halogens is 4. The molecule has 7 heteroatoms. The lowest BCUT2D eigenvalue weighted by molar-refractivity contribution is -0.187. The molecule has 1 fully saturated rings. The van der Waals surface area contributed by atoms with Crippen molar-refractivity contribution in [2.75, 3.05) is 13.2 Å². The van der Waals surface area contributed by atoms with Gasteiger partial charge in [-0.25, -0.2) is 13.2 Å². The lowest BCUT2D eigenvalue weighted by atomic mass is 9.94. The van der Waals surface area contributed by atoms with Crippen molar-refractivity contribution in [3.63, 3.8) is 0 Å². The van der Waals surface area contributed by atoms with Gasteiger partial charge in [0.05, 0.1) is 19.5 Å². The molecule has 0 aromatic heterocycles. The summed E-state index contributed by atoms with van der Waals surface area (Å²) in [6.45, 7) is 4.12. The molecule has 1 aliphatic rings. The van der Waals surface area contributed by atoms with Gasteiger partial charge < -0.3 is 14.2 Å². The van der Waals surface area contributed by atoms with Gasteiger partial charge in [-0.3, -0.25) is 0 Å². The maximum atomic E-state index is 14.9. The first-order valence-corrected chi connectivity index (χ1v) is 11.0. The van der Waals surface area contributed by atoms with E-state index in [9.17, 15) is 17.6 Å². The monoisotopic (exact) mass is 472 g/mol. The van der Waals surface area contributed by atoms with Crippen molar-refractivity contribution in [2.45, 2.75) is 32.5 Å². The molecule has 0 spiro atoms. The molecule has 0 atom stereocenters. The van der Waals surface area contributed by atoms with Crippen molar-refractivity contribution in [1.29, 1.82) is 0 Å². The number of hydrogen-bond acceptors (Lipinski definition) is 3. The van der Waals surface area contributed by atoms with Crippen molar-refractivity contribution < 1.29 is 31.8 Å². The molecular weight excluding hydrogens is 448 g/mol. The summed E-state index contributed by atoms with van der Waals surface area (Å²) >= 11 is 0. The van der Waals surface area contributed by atoms with Crippen LogP contribution in [0.5, 0.6) is 5.75 Å². The number of benzene rings is 3. The molecule has 1 aliphatic heterocycles. The third kappa shape index (κ3) is 4.72. The van der Waals surface area contributed by atoms with E-state index in [1.807, 2.05) is 6.92 Å². The van der Waals surface area contributed by atoms with Crippen LogP contribution in [-0.2, 0) is 9.47 Å². The van der Waals surface area contributed by atoms with Crippen molar-refractivity contribution in [3.8, 4) is 28.0 Å². The molecule has 0 bridgehead atoms. The molecule has 1 heterocycles. The highest BCUT2D eigenvalue weighted by Gasteiger charge is 2.27. The van der Waals surface area contributed by atoms with Crippen LogP contribution in [0.2, 0.25) is 0 Å². The highest BCUT2D eigenvalue weighted by molar-refractivity contribution is 5.72. The van der Waals surface area contributed by atoms with Gasteiger partial charge in [0.25, 0.3) is 0 Å². The predicted octanol–water partition coefficient (Wildman–Crippen LogP) is 7.36. The topological polar surface area (TPSA) is 27.7 Å². The Kier molecular flexibility index (Phi) is 7.34. The lowest BCUT2D eigenvalue weighted by Crippen LogP contribution is -2.30. The Bertz CT molecular complexity index is 1180. The standard InChI is InChI=1S/C27H24F4O3/c1-3-13-32-22-12-11-20(26(30)27(22)31)17-7-5-16(6-8-17)19-9-10-21(25(29)24(19)28)18-14-33-23(4-2)34-15-18/h3,5-13,18,23H,4,14-15H2,1-2H3. The van der Waals surface area contributed by atoms with Crippen molar-refractivity contribution >= 4 is 0 Å². The normalized spacial score (nSPS) is 18.4. The summed E-state index contributed by atoms with van der Waals surface area (Å²) in [6.07, 6.45) is 3.17. The van der Waals surface area contributed by atoms with E-state index in [2.05, 4.69) is 0 Å². The minimum absolute atomic E-state index is 0.0292. The van der Waals surface area contributed by atoms with Crippen LogP contribution in [0.3, 0.4) is 0 Å².